The monoisotopic (exact) mass is 206 g/mol. The summed E-state index contributed by atoms with van der Waals surface area (Å²) in [6, 6.07) is 0. The number of rotatable bonds is 3. The Morgan fingerprint density at radius 3 is 2.87 bits per heavy atom. The summed E-state index contributed by atoms with van der Waals surface area (Å²) >= 11 is 0. The predicted octanol–water partition coefficient (Wildman–Crippen LogP) is -0.343. The van der Waals surface area contributed by atoms with E-state index in [4.69, 9.17) is 0 Å². The molecule has 0 aliphatic rings. The fraction of sp³-hybridized carbons (Fsp3) is 0.375. The molecular formula is C8H10N6O. The number of aryl methyl sites for hydroxylation is 1. The van der Waals surface area contributed by atoms with E-state index in [0.717, 1.165) is 0 Å². The summed E-state index contributed by atoms with van der Waals surface area (Å²) in [6.45, 7) is 1.92. The van der Waals surface area contributed by atoms with Crippen molar-refractivity contribution in [2.75, 3.05) is 0 Å². The molecule has 0 amide bonds. The van der Waals surface area contributed by atoms with Crippen LogP contribution in [-0.2, 0) is 13.6 Å². The van der Waals surface area contributed by atoms with Crippen molar-refractivity contribution in [3.63, 3.8) is 0 Å². The molecule has 0 unspecified atom stereocenters. The van der Waals surface area contributed by atoms with Gasteiger partial charge in [-0.15, -0.1) is 10.2 Å². The summed E-state index contributed by atoms with van der Waals surface area (Å²) in [7, 11) is 1.70. The average molecular weight is 206 g/mol. The maximum Gasteiger partial charge on any atom is 0.196 e. The van der Waals surface area contributed by atoms with Crippen LogP contribution < -0.4 is 0 Å². The third-order valence-electron chi connectivity index (χ3n) is 1.89. The first-order chi connectivity index (χ1) is 7.15. The lowest BCUT2D eigenvalue weighted by Gasteiger charge is -1.93. The lowest BCUT2D eigenvalue weighted by atomic mass is 10.3. The summed E-state index contributed by atoms with van der Waals surface area (Å²) in [6.07, 6.45) is 3.19. The molecule has 0 fully saturated rings. The van der Waals surface area contributed by atoms with Crippen LogP contribution in [0.2, 0.25) is 0 Å². The summed E-state index contributed by atoms with van der Waals surface area (Å²) in [5.74, 6) is 0.559. The average Bonchev–Trinajstić information content (AvgIpc) is 2.76. The molecule has 15 heavy (non-hydrogen) atoms. The van der Waals surface area contributed by atoms with Crippen molar-refractivity contribution in [1.29, 1.82) is 0 Å². The van der Waals surface area contributed by atoms with Crippen molar-refractivity contribution in [1.82, 2.24) is 30.0 Å². The largest absolute Gasteiger partial charge is 0.294 e. The molecule has 0 N–H and O–H groups in total. The minimum Gasteiger partial charge on any atom is -0.294 e. The number of hydrogen-bond acceptors (Lipinski definition) is 5. The Balaban J connectivity index is 2.14. The molecule has 0 aromatic carbocycles. The molecule has 7 heteroatoms. The number of Topliss-reactive ketones (excluding diaryl/α,β-unsaturated/α-hetero) is 1. The normalized spacial score (nSPS) is 10.5. The van der Waals surface area contributed by atoms with Crippen molar-refractivity contribution >= 4 is 5.78 Å². The highest BCUT2D eigenvalue weighted by Crippen LogP contribution is 2.00. The number of tetrazole rings is 1. The van der Waals surface area contributed by atoms with Crippen molar-refractivity contribution in [3.8, 4) is 0 Å². The van der Waals surface area contributed by atoms with E-state index in [2.05, 4.69) is 20.5 Å². The van der Waals surface area contributed by atoms with E-state index in [1.807, 2.05) is 0 Å². The minimum atomic E-state index is -0.00615. The van der Waals surface area contributed by atoms with Crippen LogP contribution in [0.3, 0.4) is 0 Å². The number of ketones is 1. The van der Waals surface area contributed by atoms with Crippen LogP contribution in [0.1, 0.15) is 23.1 Å². The Hall–Kier alpha value is -2.05. The van der Waals surface area contributed by atoms with Crippen LogP contribution in [0.5, 0.6) is 0 Å². The topological polar surface area (TPSA) is 78.5 Å². The summed E-state index contributed by atoms with van der Waals surface area (Å²) in [5.41, 5.74) is 0.582. The van der Waals surface area contributed by atoms with Gasteiger partial charge in [0.1, 0.15) is 6.54 Å². The van der Waals surface area contributed by atoms with Crippen LogP contribution in [0.25, 0.3) is 0 Å². The maximum atomic E-state index is 11.0. The van der Waals surface area contributed by atoms with Gasteiger partial charge in [0.15, 0.2) is 11.6 Å². The Morgan fingerprint density at radius 1 is 1.53 bits per heavy atom. The third-order valence-corrected chi connectivity index (χ3v) is 1.89. The number of hydrogen-bond donors (Lipinski definition) is 0. The lowest BCUT2D eigenvalue weighted by molar-refractivity contribution is 0.101. The lowest BCUT2D eigenvalue weighted by Crippen LogP contribution is -2.02. The van der Waals surface area contributed by atoms with Crippen molar-refractivity contribution < 1.29 is 4.79 Å². The Labute approximate surface area is 85.7 Å². The van der Waals surface area contributed by atoms with Gasteiger partial charge in [0.2, 0.25) is 0 Å². The Bertz CT molecular complexity index is 485. The summed E-state index contributed by atoms with van der Waals surface area (Å²) < 4.78 is 1.60. The number of nitrogens with zero attached hydrogens (tertiary/aromatic N) is 6. The molecule has 0 saturated heterocycles. The molecular weight excluding hydrogens is 196 g/mol. The van der Waals surface area contributed by atoms with Gasteiger partial charge in [-0.2, -0.15) is 9.90 Å². The molecule has 0 aliphatic carbocycles. The first-order valence-electron chi connectivity index (χ1n) is 4.41. The summed E-state index contributed by atoms with van der Waals surface area (Å²) in [4.78, 5) is 12.4. The summed E-state index contributed by atoms with van der Waals surface area (Å²) in [5, 5.41) is 15.6. The molecule has 2 rings (SSSR count). The van der Waals surface area contributed by atoms with E-state index in [1.165, 1.54) is 17.9 Å². The van der Waals surface area contributed by atoms with Crippen LogP contribution in [-0.4, -0.2) is 35.8 Å². The first-order valence-corrected chi connectivity index (χ1v) is 4.41. The number of carbonyl (C=O) groups is 1. The molecule has 7 nitrogen and oxygen atoms in total. The maximum absolute atomic E-state index is 11.0. The Kier molecular flexibility index (Phi) is 2.28. The van der Waals surface area contributed by atoms with Crippen LogP contribution in [0.4, 0.5) is 0 Å². The van der Waals surface area contributed by atoms with E-state index in [0.29, 0.717) is 17.9 Å². The molecule has 0 bridgehead atoms. The highest BCUT2D eigenvalue weighted by Gasteiger charge is 2.05. The molecule has 2 aromatic heterocycles. The zero-order chi connectivity index (χ0) is 10.8. The second-order valence-electron chi connectivity index (χ2n) is 3.18. The molecule has 0 atom stereocenters. The van der Waals surface area contributed by atoms with E-state index in [9.17, 15) is 4.79 Å². The highest BCUT2D eigenvalue weighted by molar-refractivity contribution is 5.93. The van der Waals surface area contributed by atoms with Gasteiger partial charge in [-0.05, 0) is 12.1 Å². The van der Waals surface area contributed by atoms with E-state index in [-0.39, 0.29) is 5.78 Å². The molecule has 0 aliphatic heterocycles. The zero-order valence-corrected chi connectivity index (χ0v) is 8.45. The fourth-order valence-electron chi connectivity index (χ4n) is 1.16. The van der Waals surface area contributed by atoms with Gasteiger partial charge >= 0.3 is 0 Å². The smallest absolute Gasteiger partial charge is 0.196 e. The van der Waals surface area contributed by atoms with Crippen molar-refractivity contribution in [2.24, 2.45) is 7.05 Å². The first kappa shape index (κ1) is 9.50. The van der Waals surface area contributed by atoms with Gasteiger partial charge in [0, 0.05) is 6.20 Å². The second-order valence-corrected chi connectivity index (χ2v) is 3.18. The van der Waals surface area contributed by atoms with Gasteiger partial charge in [0.25, 0.3) is 0 Å². The number of aromatic nitrogens is 6. The minimum absolute atomic E-state index is 0.00615. The zero-order valence-electron chi connectivity index (χ0n) is 8.45. The molecule has 78 valence electrons. The number of carbonyl (C=O) groups excluding carboxylic acids is 1. The molecule has 0 saturated carbocycles. The van der Waals surface area contributed by atoms with Crippen LogP contribution in [0, 0.1) is 0 Å². The third kappa shape index (κ3) is 2.06. The fourth-order valence-corrected chi connectivity index (χ4v) is 1.16. The van der Waals surface area contributed by atoms with Crippen molar-refractivity contribution in [3.05, 3.63) is 23.8 Å². The van der Waals surface area contributed by atoms with Crippen LogP contribution >= 0.6 is 0 Å². The van der Waals surface area contributed by atoms with Gasteiger partial charge in [-0.25, -0.2) is 0 Å². The van der Waals surface area contributed by atoms with E-state index in [1.54, 1.807) is 17.9 Å². The van der Waals surface area contributed by atoms with Gasteiger partial charge in [0.05, 0.1) is 18.8 Å². The SMILES string of the molecule is CC(=O)c1cnn(Cc2nnn(C)n2)c1. The highest BCUT2D eigenvalue weighted by atomic mass is 16.1. The van der Waals surface area contributed by atoms with Crippen LogP contribution in [0.15, 0.2) is 12.4 Å². The molecule has 2 aromatic rings. The standard InChI is InChI=1S/C8H10N6O/c1-6(15)7-3-9-14(4-7)5-8-10-12-13(2)11-8/h3-4H,5H2,1-2H3. The Morgan fingerprint density at radius 2 is 2.33 bits per heavy atom. The van der Waals surface area contributed by atoms with Gasteiger partial charge < -0.3 is 0 Å². The second kappa shape index (κ2) is 3.60. The van der Waals surface area contributed by atoms with Gasteiger partial charge in [-0.1, -0.05) is 0 Å². The van der Waals surface area contributed by atoms with E-state index >= 15 is 0 Å². The van der Waals surface area contributed by atoms with Crippen molar-refractivity contribution in [2.45, 2.75) is 13.5 Å². The predicted molar refractivity (Wildman–Crippen MR) is 50.1 cm³/mol. The molecule has 0 radical (unpaired) electrons. The molecule has 2 heterocycles. The quantitative estimate of drug-likeness (QED) is 0.642. The van der Waals surface area contributed by atoms with E-state index < -0.39 is 0 Å². The van der Waals surface area contributed by atoms with Gasteiger partial charge in [-0.3, -0.25) is 9.48 Å². The molecule has 0 spiro atoms.